The minimum Gasteiger partial charge on any atom is -0.481 e. The van der Waals surface area contributed by atoms with Gasteiger partial charge in [-0.3, -0.25) is 19.4 Å². The third-order valence-corrected chi connectivity index (χ3v) is 7.08. The number of hydrogen-bond acceptors (Lipinski definition) is 10. The van der Waals surface area contributed by atoms with Crippen molar-refractivity contribution >= 4 is 17.9 Å². The fourth-order valence-corrected chi connectivity index (χ4v) is 4.93. The van der Waals surface area contributed by atoms with Crippen LogP contribution in [0.3, 0.4) is 0 Å². The summed E-state index contributed by atoms with van der Waals surface area (Å²) in [5.74, 6) is -3.03. The summed E-state index contributed by atoms with van der Waals surface area (Å²) in [6.07, 6.45) is 4.23. The number of ether oxygens (including phenoxy) is 2. The topological polar surface area (TPSA) is 188 Å². The molecule has 2 aliphatic rings. The summed E-state index contributed by atoms with van der Waals surface area (Å²) in [4.78, 5) is 35.5. The van der Waals surface area contributed by atoms with E-state index in [0.29, 0.717) is 0 Å². The number of aromatic nitrogens is 2. The van der Waals surface area contributed by atoms with Crippen LogP contribution in [-0.2, 0) is 36.9 Å². The second-order valence-electron chi connectivity index (χ2n) is 10.6. The maximum Gasteiger partial charge on any atom is 0.336 e. The Kier molecular flexibility index (Phi) is 12.9. The highest BCUT2D eigenvalue weighted by Crippen LogP contribution is 2.24. The Balaban J connectivity index is 0.000000316. The smallest absolute Gasteiger partial charge is 0.336 e. The molecule has 4 N–H and O–H groups in total. The maximum atomic E-state index is 10.3. The monoisotopic (exact) mass is 594 g/mol. The van der Waals surface area contributed by atoms with Crippen LogP contribution in [0.25, 0.3) is 0 Å². The zero-order chi connectivity index (χ0) is 30.5. The summed E-state index contributed by atoms with van der Waals surface area (Å²) in [6, 6.07) is 6.26. The van der Waals surface area contributed by atoms with Crippen molar-refractivity contribution < 1.29 is 48.7 Å². The fraction of sp³-hybridized carbons (Fsp3) is 0.643. The van der Waals surface area contributed by atoms with Gasteiger partial charge in [0.05, 0.1) is 38.3 Å². The molecule has 0 spiro atoms. The summed E-state index contributed by atoms with van der Waals surface area (Å²) in [5, 5.41) is 38.4. The minimum atomic E-state index is -2.74. The molecule has 0 bridgehead atoms. The Morgan fingerprint density at radius 2 is 1.74 bits per heavy atom. The van der Waals surface area contributed by atoms with Crippen molar-refractivity contribution in [2.24, 2.45) is 0 Å². The van der Waals surface area contributed by atoms with Crippen molar-refractivity contribution in [3.8, 4) is 0 Å². The van der Waals surface area contributed by atoms with E-state index in [4.69, 9.17) is 34.3 Å². The van der Waals surface area contributed by atoms with Crippen LogP contribution in [0.5, 0.6) is 0 Å². The van der Waals surface area contributed by atoms with Crippen molar-refractivity contribution in [1.29, 1.82) is 0 Å². The van der Waals surface area contributed by atoms with Crippen molar-refractivity contribution in [3.05, 3.63) is 41.6 Å². The molecule has 42 heavy (non-hydrogen) atoms. The highest BCUT2D eigenvalue weighted by atomic mass is 16.5. The molecule has 4 heterocycles. The standard InChI is InChI=1S/C22H34N4O3.C6H8O7/c1-19-6-7-21(29-19)18-25(11-4-10-24-12-15-27-16-13-24)17-20-8-9-23-26(20)22-5-2-3-14-28-22;7-3(8)1-6(13,5(11)12)2-4(9)10/h6-9,22H,2-5,10-18H2,1H3;13H,1-2H2,(H,7,8)(H,9,10)(H,11,12). The van der Waals surface area contributed by atoms with Gasteiger partial charge in [-0.1, -0.05) is 0 Å². The molecular formula is C28H42N4O10. The van der Waals surface area contributed by atoms with Crippen LogP contribution >= 0.6 is 0 Å². The van der Waals surface area contributed by atoms with Crippen molar-refractivity contribution in [1.82, 2.24) is 19.6 Å². The van der Waals surface area contributed by atoms with Crippen molar-refractivity contribution in [2.45, 2.75) is 70.4 Å². The third-order valence-electron chi connectivity index (χ3n) is 7.08. The number of aliphatic carboxylic acids is 3. The van der Waals surface area contributed by atoms with E-state index < -0.39 is 36.4 Å². The Morgan fingerprint density at radius 1 is 1.02 bits per heavy atom. The molecule has 14 nitrogen and oxygen atoms in total. The van der Waals surface area contributed by atoms with Gasteiger partial charge in [0, 0.05) is 39.0 Å². The van der Waals surface area contributed by atoms with Gasteiger partial charge >= 0.3 is 17.9 Å². The molecule has 14 heteroatoms. The Morgan fingerprint density at radius 3 is 2.31 bits per heavy atom. The van der Waals surface area contributed by atoms with E-state index in [1.165, 1.54) is 12.1 Å². The predicted molar refractivity (Wildman–Crippen MR) is 148 cm³/mol. The Labute approximate surface area is 244 Å². The lowest BCUT2D eigenvalue weighted by Crippen LogP contribution is -2.42. The third kappa shape index (κ3) is 10.8. The number of carboxylic acids is 3. The molecule has 1 unspecified atom stereocenters. The highest BCUT2D eigenvalue weighted by molar-refractivity contribution is 5.88. The zero-order valence-electron chi connectivity index (χ0n) is 24.0. The molecule has 2 saturated heterocycles. The Hall–Kier alpha value is -3.30. The van der Waals surface area contributed by atoms with Crippen LogP contribution in [0, 0.1) is 6.92 Å². The van der Waals surface area contributed by atoms with Gasteiger partial charge in [0.1, 0.15) is 11.5 Å². The van der Waals surface area contributed by atoms with Crippen LogP contribution in [0.2, 0.25) is 0 Å². The predicted octanol–water partition coefficient (Wildman–Crippen LogP) is 1.96. The highest BCUT2D eigenvalue weighted by Gasteiger charge is 2.40. The van der Waals surface area contributed by atoms with Gasteiger partial charge in [0.25, 0.3) is 0 Å². The first kappa shape index (κ1) is 33.2. The number of nitrogens with zero attached hydrogens (tertiary/aromatic N) is 4. The number of aliphatic hydroxyl groups is 1. The average molecular weight is 595 g/mol. The van der Waals surface area contributed by atoms with E-state index in [1.54, 1.807) is 0 Å². The summed E-state index contributed by atoms with van der Waals surface area (Å²) >= 11 is 0. The fourth-order valence-electron chi connectivity index (χ4n) is 4.93. The molecule has 0 radical (unpaired) electrons. The van der Waals surface area contributed by atoms with Crippen LogP contribution in [0.1, 0.15) is 62.0 Å². The molecule has 234 valence electrons. The van der Waals surface area contributed by atoms with E-state index >= 15 is 0 Å². The quantitative estimate of drug-likeness (QED) is 0.249. The number of aryl methyl sites for hydroxylation is 1. The van der Waals surface area contributed by atoms with Gasteiger partial charge in [0.15, 0.2) is 11.8 Å². The number of furan rings is 1. The number of hydrogen-bond donors (Lipinski definition) is 4. The summed E-state index contributed by atoms with van der Waals surface area (Å²) in [7, 11) is 0. The second-order valence-corrected chi connectivity index (χ2v) is 10.6. The lowest BCUT2D eigenvalue weighted by molar-refractivity contribution is -0.170. The largest absolute Gasteiger partial charge is 0.481 e. The van der Waals surface area contributed by atoms with E-state index in [-0.39, 0.29) is 6.23 Å². The molecule has 2 aromatic rings. The molecular weight excluding hydrogens is 552 g/mol. The molecule has 0 saturated carbocycles. The van der Waals surface area contributed by atoms with E-state index in [1.807, 2.05) is 19.2 Å². The van der Waals surface area contributed by atoms with Crippen LogP contribution in [0.4, 0.5) is 0 Å². The first-order valence-electron chi connectivity index (χ1n) is 14.2. The number of carboxylic acid groups (broad SMARTS) is 3. The van der Waals surface area contributed by atoms with Crippen molar-refractivity contribution in [3.63, 3.8) is 0 Å². The molecule has 0 amide bonds. The summed E-state index contributed by atoms with van der Waals surface area (Å²) < 4.78 is 19.4. The average Bonchev–Trinajstić information content (AvgIpc) is 3.57. The van der Waals surface area contributed by atoms with E-state index in [0.717, 1.165) is 89.9 Å². The molecule has 0 aliphatic carbocycles. The molecule has 4 rings (SSSR count). The number of rotatable bonds is 14. The van der Waals surface area contributed by atoms with E-state index in [2.05, 4.69) is 31.7 Å². The SMILES string of the molecule is Cc1ccc(CN(CCCN2CCOCC2)Cc2ccnn2C2CCCCO2)o1.O=C(O)CC(O)(CC(=O)O)C(=O)O. The van der Waals surface area contributed by atoms with Gasteiger partial charge in [-0.15, -0.1) is 0 Å². The number of carbonyl (C=O) groups is 3. The molecule has 0 aromatic carbocycles. The number of morpholine rings is 1. The lowest BCUT2D eigenvalue weighted by Gasteiger charge is -2.29. The van der Waals surface area contributed by atoms with E-state index in [9.17, 15) is 14.4 Å². The summed E-state index contributed by atoms with van der Waals surface area (Å²) in [6.45, 7) is 10.4. The van der Waals surface area contributed by atoms with Gasteiger partial charge in [-0.2, -0.15) is 5.10 Å². The van der Waals surface area contributed by atoms with Gasteiger partial charge in [0.2, 0.25) is 0 Å². The zero-order valence-corrected chi connectivity index (χ0v) is 24.0. The van der Waals surface area contributed by atoms with Crippen molar-refractivity contribution in [2.75, 3.05) is 46.0 Å². The molecule has 1 atom stereocenters. The van der Waals surface area contributed by atoms with Crippen LogP contribution < -0.4 is 0 Å². The maximum absolute atomic E-state index is 10.3. The van der Waals surface area contributed by atoms with Gasteiger partial charge < -0.3 is 34.3 Å². The normalized spacial score (nSPS) is 17.9. The first-order valence-corrected chi connectivity index (χ1v) is 14.2. The summed E-state index contributed by atoms with van der Waals surface area (Å²) in [5.41, 5.74) is -1.52. The minimum absolute atomic E-state index is 0.0785. The second kappa shape index (κ2) is 16.4. The lowest BCUT2D eigenvalue weighted by atomic mass is 9.96. The van der Waals surface area contributed by atoms with Gasteiger partial charge in [-0.25, -0.2) is 9.48 Å². The molecule has 2 aromatic heterocycles. The van der Waals surface area contributed by atoms with Crippen LogP contribution in [-0.4, -0.2) is 110 Å². The van der Waals surface area contributed by atoms with Crippen LogP contribution in [0.15, 0.2) is 28.8 Å². The van der Waals surface area contributed by atoms with Gasteiger partial charge in [-0.05, 0) is 57.4 Å². The Bertz CT molecular complexity index is 1120. The molecule has 2 fully saturated rings. The first-order chi connectivity index (χ1) is 20.1. The molecule has 2 aliphatic heterocycles.